The molecule has 116 valence electrons. The SMILES string of the molecule is Cc1ccc(NC(=O)c2ccc[nH]2)c(OCc2ccccc2)c1. The summed E-state index contributed by atoms with van der Waals surface area (Å²) in [7, 11) is 0. The predicted octanol–water partition coefficient (Wildman–Crippen LogP) is 4.15. The summed E-state index contributed by atoms with van der Waals surface area (Å²) in [4.78, 5) is 15.1. The molecular formula is C19H18N2O2. The van der Waals surface area contributed by atoms with Crippen LogP contribution in [0.15, 0.2) is 66.9 Å². The minimum atomic E-state index is -0.191. The number of benzene rings is 2. The van der Waals surface area contributed by atoms with Gasteiger partial charge in [0, 0.05) is 6.20 Å². The maximum atomic E-state index is 12.2. The Labute approximate surface area is 135 Å². The van der Waals surface area contributed by atoms with Crippen molar-refractivity contribution < 1.29 is 9.53 Å². The molecule has 0 aliphatic rings. The number of amides is 1. The fourth-order valence-electron chi connectivity index (χ4n) is 2.25. The van der Waals surface area contributed by atoms with E-state index in [1.165, 1.54) is 0 Å². The third kappa shape index (κ3) is 3.80. The number of hydrogen-bond donors (Lipinski definition) is 2. The van der Waals surface area contributed by atoms with E-state index in [2.05, 4.69) is 10.3 Å². The molecule has 0 aliphatic heterocycles. The van der Waals surface area contributed by atoms with E-state index in [-0.39, 0.29) is 5.91 Å². The van der Waals surface area contributed by atoms with Crippen LogP contribution in [-0.2, 0) is 6.61 Å². The quantitative estimate of drug-likeness (QED) is 0.744. The summed E-state index contributed by atoms with van der Waals surface area (Å²) in [6, 6.07) is 19.2. The van der Waals surface area contributed by atoms with Gasteiger partial charge in [-0.15, -0.1) is 0 Å². The number of aromatic amines is 1. The van der Waals surface area contributed by atoms with Crippen molar-refractivity contribution in [1.82, 2.24) is 4.98 Å². The van der Waals surface area contributed by atoms with Gasteiger partial charge in [0.15, 0.2) is 0 Å². The molecular weight excluding hydrogens is 288 g/mol. The van der Waals surface area contributed by atoms with Crippen molar-refractivity contribution in [3.63, 3.8) is 0 Å². The van der Waals surface area contributed by atoms with Crippen LogP contribution in [0.2, 0.25) is 0 Å². The number of aromatic nitrogens is 1. The molecule has 0 unspecified atom stereocenters. The van der Waals surface area contributed by atoms with Crippen molar-refractivity contribution in [2.24, 2.45) is 0 Å². The largest absolute Gasteiger partial charge is 0.487 e. The van der Waals surface area contributed by atoms with Crippen LogP contribution < -0.4 is 10.1 Å². The molecule has 3 rings (SSSR count). The van der Waals surface area contributed by atoms with Gasteiger partial charge in [0.1, 0.15) is 18.1 Å². The number of aryl methyl sites for hydroxylation is 1. The van der Waals surface area contributed by atoms with E-state index >= 15 is 0 Å². The minimum absolute atomic E-state index is 0.191. The topological polar surface area (TPSA) is 54.1 Å². The third-order valence-electron chi connectivity index (χ3n) is 3.47. The lowest BCUT2D eigenvalue weighted by Gasteiger charge is -2.13. The highest BCUT2D eigenvalue weighted by atomic mass is 16.5. The van der Waals surface area contributed by atoms with E-state index in [0.717, 1.165) is 11.1 Å². The minimum Gasteiger partial charge on any atom is -0.487 e. The molecule has 0 saturated heterocycles. The van der Waals surface area contributed by atoms with Crippen LogP contribution >= 0.6 is 0 Å². The molecule has 4 heteroatoms. The summed E-state index contributed by atoms with van der Waals surface area (Å²) in [5.74, 6) is 0.470. The molecule has 2 N–H and O–H groups in total. The molecule has 4 nitrogen and oxygen atoms in total. The lowest BCUT2D eigenvalue weighted by molar-refractivity contribution is 0.102. The number of H-pyrrole nitrogens is 1. The molecule has 0 saturated carbocycles. The normalized spacial score (nSPS) is 10.3. The fraction of sp³-hybridized carbons (Fsp3) is 0.105. The summed E-state index contributed by atoms with van der Waals surface area (Å²) in [6.07, 6.45) is 1.72. The second kappa shape index (κ2) is 6.83. The monoisotopic (exact) mass is 306 g/mol. The van der Waals surface area contributed by atoms with Crippen LogP contribution in [0, 0.1) is 6.92 Å². The van der Waals surface area contributed by atoms with Crippen molar-refractivity contribution in [2.45, 2.75) is 13.5 Å². The summed E-state index contributed by atoms with van der Waals surface area (Å²) in [5.41, 5.74) is 3.33. The maximum Gasteiger partial charge on any atom is 0.272 e. The molecule has 1 aromatic heterocycles. The fourth-order valence-corrected chi connectivity index (χ4v) is 2.25. The maximum absolute atomic E-state index is 12.2. The first-order valence-electron chi connectivity index (χ1n) is 7.44. The van der Waals surface area contributed by atoms with Crippen LogP contribution in [0.3, 0.4) is 0 Å². The molecule has 0 atom stereocenters. The number of carbonyl (C=O) groups is 1. The molecule has 3 aromatic rings. The third-order valence-corrected chi connectivity index (χ3v) is 3.47. The second-order valence-corrected chi connectivity index (χ2v) is 5.31. The van der Waals surface area contributed by atoms with E-state index < -0.39 is 0 Å². The Kier molecular flexibility index (Phi) is 4.43. The molecule has 0 aliphatic carbocycles. The van der Waals surface area contributed by atoms with Gasteiger partial charge in [-0.05, 0) is 42.3 Å². The van der Waals surface area contributed by atoms with Gasteiger partial charge in [-0.25, -0.2) is 0 Å². The van der Waals surface area contributed by atoms with Crippen molar-refractivity contribution in [3.8, 4) is 5.75 Å². The Hall–Kier alpha value is -3.01. The zero-order valence-electron chi connectivity index (χ0n) is 12.9. The zero-order valence-corrected chi connectivity index (χ0v) is 12.9. The Morgan fingerprint density at radius 3 is 2.65 bits per heavy atom. The first-order chi connectivity index (χ1) is 11.2. The van der Waals surface area contributed by atoms with Crippen LogP contribution in [0.4, 0.5) is 5.69 Å². The van der Waals surface area contributed by atoms with E-state index in [0.29, 0.717) is 23.7 Å². The van der Waals surface area contributed by atoms with Gasteiger partial charge in [0.2, 0.25) is 0 Å². The number of rotatable bonds is 5. The molecule has 2 aromatic carbocycles. The lowest BCUT2D eigenvalue weighted by Crippen LogP contribution is -2.13. The van der Waals surface area contributed by atoms with E-state index in [9.17, 15) is 4.79 Å². The van der Waals surface area contributed by atoms with Crippen molar-refractivity contribution in [2.75, 3.05) is 5.32 Å². The Morgan fingerprint density at radius 2 is 1.91 bits per heavy atom. The smallest absolute Gasteiger partial charge is 0.272 e. The van der Waals surface area contributed by atoms with Gasteiger partial charge in [-0.1, -0.05) is 36.4 Å². The Morgan fingerprint density at radius 1 is 1.09 bits per heavy atom. The molecule has 1 heterocycles. The van der Waals surface area contributed by atoms with Gasteiger partial charge < -0.3 is 15.0 Å². The summed E-state index contributed by atoms with van der Waals surface area (Å²) in [5, 5.41) is 2.88. The van der Waals surface area contributed by atoms with E-state index in [4.69, 9.17) is 4.74 Å². The number of anilines is 1. The lowest BCUT2D eigenvalue weighted by atomic mass is 10.2. The predicted molar refractivity (Wildman–Crippen MR) is 90.7 cm³/mol. The molecule has 0 spiro atoms. The standard InChI is InChI=1S/C19H18N2O2/c1-14-9-10-16(21-19(22)17-8-5-11-20-17)18(12-14)23-13-15-6-3-2-4-7-15/h2-12,20H,13H2,1H3,(H,21,22). The van der Waals surface area contributed by atoms with Crippen LogP contribution in [0.5, 0.6) is 5.75 Å². The van der Waals surface area contributed by atoms with Gasteiger partial charge in [0.05, 0.1) is 5.69 Å². The number of nitrogens with one attached hydrogen (secondary N) is 2. The van der Waals surface area contributed by atoms with Crippen molar-refractivity contribution in [3.05, 3.63) is 83.7 Å². The first-order valence-corrected chi connectivity index (χ1v) is 7.44. The summed E-state index contributed by atoms with van der Waals surface area (Å²) in [6.45, 7) is 2.45. The highest BCUT2D eigenvalue weighted by Gasteiger charge is 2.11. The molecule has 0 fully saturated rings. The Bertz CT molecular complexity index is 780. The van der Waals surface area contributed by atoms with E-state index in [1.54, 1.807) is 18.3 Å². The summed E-state index contributed by atoms with van der Waals surface area (Å²) >= 11 is 0. The second-order valence-electron chi connectivity index (χ2n) is 5.31. The van der Waals surface area contributed by atoms with E-state index in [1.807, 2.05) is 55.5 Å². The van der Waals surface area contributed by atoms with Crippen molar-refractivity contribution in [1.29, 1.82) is 0 Å². The number of hydrogen-bond acceptors (Lipinski definition) is 2. The number of ether oxygens (including phenoxy) is 1. The highest BCUT2D eigenvalue weighted by molar-refractivity contribution is 6.03. The average Bonchev–Trinajstić information content (AvgIpc) is 3.10. The zero-order chi connectivity index (χ0) is 16.1. The molecule has 23 heavy (non-hydrogen) atoms. The van der Waals surface area contributed by atoms with Gasteiger partial charge >= 0.3 is 0 Å². The highest BCUT2D eigenvalue weighted by Crippen LogP contribution is 2.27. The van der Waals surface area contributed by atoms with Crippen LogP contribution in [0.1, 0.15) is 21.6 Å². The molecule has 1 amide bonds. The van der Waals surface area contributed by atoms with Gasteiger partial charge in [-0.3, -0.25) is 4.79 Å². The Balaban J connectivity index is 1.76. The summed E-state index contributed by atoms with van der Waals surface area (Å²) < 4.78 is 5.90. The first kappa shape index (κ1) is 14.9. The molecule has 0 bridgehead atoms. The van der Waals surface area contributed by atoms with Crippen LogP contribution in [-0.4, -0.2) is 10.9 Å². The average molecular weight is 306 g/mol. The van der Waals surface area contributed by atoms with Gasteiger partial charge in [-0.2, -0.15) is 0 Å². The van der Waals surface area contributed by atoms with Crippen LogP contribution in [0.25, 0.3) is 0 Å². The molecule has 0 radical (unpaired) electrons. The van der Waals surface area contributed by atoms with Crippen molar-refractivity contribution >= 4 is 11.6 Å². The number of carbonyl (C=O) groups excluding carboxylic acids is 1. The van der Waals surface area contributed by atoms with Gasteiger partial charge in [0.25, 0.3) is 5.91 Å².